The zero-order valence-corrected chi connectivity index (χ0v) is 12.0. The van der Waals surface area contributed by atoms with Gasteiger partial charge in [-0.15, -0.1) is 0 Å². The minimum absolute atomic E-state index is 0.0303. The second-order valence-corrected chi connectivity index (χ2v) is 4.97. The molecule has 0 spiro atoms. The first-order valence-electron chi connectivity index (χ1n) is 6.63. The molecule has 110 valence electrons. The summed E-state index contributed by atoms with van der Waals surface area (Å²) in [4.78, 5) is 14.9. The van der Waals surface area contributed by atoms with Gasteiger partial charge < -0.3 is 10.4 Å². The molecule has 0 aliphatic carbocycles. The number of carboxylic acid groups (broad SMARTS) is 1. The molecule has 2 aromatic rings. The summed E-state index contributed by atoms with van der Waals surface area (Å²) in [6, 6.07) is 8.49. The fourth-order valence-corrected chi connectivity index (χ4v) is 2.17. The molecule has 5 heteroatoms. The number of hydrogen-bond acceptors (Lipinski definition) is 3. The maximum atomic E-state index is 13.5. The molecule has 0 atom stereocenters. The van der Waals surface area contributed by atoms with Gasteiger partial charge in [0.2, 0.25) is 0 Å². The van der Waals surface area contributed by atoms with E-state index in [1.165, 1.54) is 6.07 Å². The smallest absolute Gasteiger partial charge is 0.354 e. The maximum Gasteiger partial charge on any atom is 0.354 e. The largest absolute Gasteiger partial charge is 0.477 e. The van der Waals surface area contributed by atoms with Gasteiger partial charge in [-0.3, -0.25) is 0 Å². The van der Waals surface area contributed by atoms with Gasteiger partial charge in [-0.25, -0.2) is 14.2 Å². The van der Waals surface area contributed by atoms with Crippen LogP contribution in [0.1, 0.15) is 32.9 Å². The van der Waals surface area contributed by atoms with Crippen molar-refractivity contribution in [1.29, 1.82) is 0 Å². The van der Waals surface area contributed by atoms with Crippen LogP contribution in [-0.2, 0) is 13.1 Å². The van der Waals surface area contributed by atoms with Crippen LogP contribution in [0.4, 0.5) is 4.39 Å². The number of halogens is 1. The average molecular weight is 288 g/mol. The number of rotatable bonds is 5. The van der Waals surface area contributed by atoms with E-state index in [2.05, 4.69) is 10.3 Å². The minimum atomic E-state index is -1.04. The van der Waals surface area contributed by atoms with Gasteiger partial charge >= 0.3 is 5.97 Å². The monoisotopic (exact) mass is 288 g/mol. The summed E-state index contributed by atoms with van der Waals surface area (Å²) < 4.78 is 13.5. The lowest BCUT2D eigenvalue weighted by Crippen LogP contribution is -2.15. The molecule has 4 nitrogen and oxygen atoms in total. The van der Waals surface area contributed by atoms with E-state index < -0.39 is 5.97 Å². The topological polar surface area (TPSA) is 62.2 Å². The molecule has 0 aliphatic rings. The van der Waals surface area contributed by atoms with Crippen LogP contribution in [-0.4, -0.2) is 16.1 Å². The number of nitrogens with zero attached hydrogens (tertiary/aromatic N) is 1. The molecule has 1 aromatic carbocycles. The summed E-state index contributed by atoms with van der Waals surface area (Å²) in [5, 5.41) is 12.1. The molecule has 0 fully saturated rings. The molecule has 1 heterocycles. The number of aromatic nitrogens is 1. The fourth-order valence-electron chi connectivity index (χ4n) is 2.17. The van der Waals surface area contributed by atoms with Crippen molar-refractivity contribution in [3.63, 3.8) is 0 Å². The second-order valence-electron chi connectivity index (χ2n) is 4.97. The number of hydrogen-bond donors (Lipinski definition) is 2. The highest BCUT2D eigenvalue weighted by molar-refractivity contribution is 5.85. The number of carboxylic acids is 1. The molecule has 1 aromatic heterocycles. The number of aromatic carboxylic acids is 1. The Bertz CT molecular complexity index is 648. The predicted molar refractivity (Wildman–Crippen MR) is 77.6 cm³/mol. The van der Waals surface area contributed by atoms with Gasteiger partial charge in [-0.1, -0.05) is 18.2 Å². The van der Waals surface area contributed by atoms with Crippen LogP contribution in [0.5, 0.6) is 0 Å². The molecule has 0 bridgehead atoms. The third kappa shape index (κ3) is 3.86. The third-order valence-electron chi connectivity index (χ3n) is 3.16. The minimum Gasteiger partial charge on any atom is -0.477 e. The molecule has 0 saturated carbocycles. The molecular weight excluding hydrogens is 271 g/mol. The lowest BCUT2D eigenvalue weighted by atomic mass is 10.1. The van der Waals surface area contributed by atoms with E-state index in [1.807, 2.05) is 0 Å². The molecule has 0 radical (unpaired) electrons. The van der Waals surface area contributed by atoms with Crippen molar-refractivity contribution in [3.8, 4) is 0 Å². The Morgan fingerprint density at radius 1 is 1.24 bits per heavy atom. The average Bonchev–Trinajstić information content (AvgIpc) is 2.45. The van der Waals surface area contributed by atoms with Crippen molar-refractivity contribution in [2.24, 2.45) is 0 Å². The van der Waals surface area contributed by atoms with Crippen LogP contribution in [0.15, 0.2) is 30.3 Å². The SMILES string of the molecule is Cc1cc(CNCc2cccc(C(=O)O)n2)cc(C)c1F. The Labute approximate surface area is 122 Å². The van der Waals surface area contributed by atoms with Crippen molar-refractivity contribution < 1.29 is 14.3 Å². The lowest BCUT2D eigenvalue weighted by molar-refractivity contribution is 0.0690. The van der Waals surface area contributed by atoms with Crippen LogP contribution in [0, 0.1) is 19.7 Å². The molecule has 2 N–H and O–H groups in total. The van der Waals surface area contributed by atoms with Crippen LogP contribution in [0.2, 0.25) is 0 Å². The Kier molecular flexibility index (Phi) is 4.65. The first-order chi connectivity index (χ1) is 9.97. The molecule has 0 unspecified atom stereocenters. The van der Waals surface area contributed by atoms with Crippen molar-refractivity contribution in [3.05, 3.63) is 64.2 Å². The molecule has 0 aliphatic heterocycles. The van der Waals surface area contributed by atoms with E-state index in [9.17, 15) is 9.18 Å². The second kappa shape index (κ2) is 6.45. The van der Waals surface area contributed by atoms with Crippen molar-refractivity contribution in [2.45, 2.75) is 26.9 Å². The van der Waals surface area contributed by atoms with Crippen molar-refractivity contribution >= 4 is 5.97 Å². The Morgan fingerprint density at radius 2 is 1.90 bits per heavy atom. The highest BCUT2D eigenvalue weighted by Crippen LogP contribution is 2.14. The van der Waals surface area contributed by atoms with Crippen LogP contribution in [0.3, 0.4) is 0 Å². The van der Waals surface area contributed by atoms with Crippen LogP contribution >= 0.6 is 0 Å². The summed E-state index contributed by atoms with van der Waals surface area (Å²) in [7, 11) is 0. The van der Waals surface area contributed by atoms with Gasteiger partial charge in [0.05, 0.1) is 5.69 Å². The van der Waals surface area contributed by atoms with E-state index in [0.717, 1.165) is 5.56 Å². The highest BCUT2D eigenvalue weighted by atomic mass is 19.1. The zero-order valence-electron chi connectivity index (χ0n) is 12.0. The van der Waals surface area contributed by atoms with Gasteiger partial charge in [-0.2, -0.15) is 0 Å². The molecular formula is C16H17FN2O2. The zero-order chi connectivity index (χ0) is 15.4. The third-order valence-corrected chi connectivity index (χ3v) is 3.16. The summed E-state index contributed by atoms with van der Waals surface area (Å²) in [6.45, 7) is 4.50. The van der Waals surface area contributed by atoms with E-state index in [0.29, 0.717) is 29.9 Å². The Morgan fingerprint density at radius 3 is 2.52 bits per heavy atom. The van der Waals surface area contributed by atoms with E-state index in [-0.39, 0.29) is 11.5 Å². The number of pyridine rings is 1. The van der Waals surface area contributed by atoms with E-state index >= 15 is 0 Å². The fraction of sp³-hybridized carbons (Fsp3) is 0.250. The quantitative estimate of drug-likeness (QED) is 0.888. The van der Waals surface area contributed by atoms with Gasteiger partial charge in [0.1, 0.15) is 11.5 Å². The first kappa shape index (κ1) is 15.1. The summed E-state index contributed by atoms with van der Waals surface area (Å²) in [6.07, 6.45) is 0. The summed E-state index contributed by atoms with van der Waals surface area (Å²) in [5.41, 5.74) is 2.92. The Balaban J connectivity index is 1.98. The number of benzene rings is 1. The normalized spacial score (nSPS) is 10.6. The highest BCUT2D eigenvalue weighted by Gasteiger charge is 2.06. The molecule has 21 heavy (non-hydrogen) atoms. The molecule has 2 rings (SSSR count). The van der Waals surface area contributed by atoms with Gasteiger partial charge in [0, 0.05) is 13.1 Å². The van der Waals surface area contributed by atoms with Crippen molar-refractivity contribution in [1.82, 2.24) is 10.3 Å². The predicted octanol–water partition coefficient (Wildman–Crippen LogP) is 2.83. The van der Waals surface area contributed by atoms with Gasteiger partial charge in [-0.05, 0) is 42.7 Å². The van der Waals surface area contributed by atoms with Crippen LogP contribution in [0.25, 0.3) is 0 Å². The van der Waals surface area contributed by atoms with Crippen molar-refractivity contribution in [2.75, 3.05) is 0 Å². The van der Waals surface area contributed by atoms with E-state index in [4.69, 9.17) is 5.11 Å². The van der Waals surface area contributed by atoms with Gasteiger partial charge in [0.15, 0.2) is 0 Å². The summed E-state index contributed by atoms with van der Waals surface area (Å²) in [5.74, 6) is -1.21. The summed E-state index contributed by atoms with van der Waals surface area (Å²) >= 11 is 0. The molecule has 0 amide bonds. The Hall–Kier alpha value is -2.27. The maximum absolute atomic E-state index is 13.5. The number of nitrogens with one attached hydrogen (secondary N) is 1. The lowest BCUT2D eigenvalue weighted by Gasteiger charge is -2.08. The first-order valence-corrected chi connectivity index (χ1v) is 6.63. The molecule has 0 saturated heterocycles. The standard InChI is InChI=1S/C16H17FN2O2/c1-10-6-12(7-11(2)15(10)17)8-18-9-13-4-3-5-14(19-13)16(20)21/h3-7,18H,8-9H2,1-2H3,(H,20,21). The van der Waals surface area contributed by atoms with Gasteiger partial charge in [0.25, 0.3) is 0 Å². The van der Waals surface area contributed by atoms with Crippen LogP contribution < -0.4 is 5.32 Å². The number of carbonyl (C=O) groups is 1. The number of aryl methyl sites for hydroxylation is 2. The van der Waals surface area contributed by atoms with E-state index in [1.54, 1.807) is 38.1 Å².